The van der Waals surface area contributed by atoms with E-state index < -0.39 is 8.07 Å². The predicted octanol–water partition coefficient (Wildman–Crippen LogP) is 9.48. The van der Waals surface area contributed by atoms with Crippen molar-refractivity contribution < 1.29 is 4.57 Å². The predicted molar refractivity (Wildman–Crippen MR) is 249 cm³/mol. The molecule has 0 radical (unpaired) electrons. The minimum Gasteiger partial charge on any atom is -0.360 e. The molecule has 288 valence electrons. The van der Waals surface area contributed by atoms with Crippen LogP contribution in [0.15, 0.2) is 140 Å². The number of imidazole rings is 1. The van der Waals surface area contributed by atoms with E-state index in [2.05, 4.69) is 218 Å². The fraction of sp³-hybridized carbons (Fsp3) is 0.176. The fourth-order valence-electron chi connectivity index (χ4n) is 10.1. The average molecular weight is 783 g/mol. The summed E-state index contributed by atoms with van der Waals surface area (Å²) in [5, 5.41) is 5.30. The van der Waals surface area contributed by atoms with E-state index in [1.54, 1.807) is 0 Å². The Hall–Kier alpha value is -6.38. The van der Waals surface area contributed by atoms with Gasteiger partial charge in [-0.1, -0.05) is 129 Å². The van der Waals surface area contributed by atoms with Crippen LogP contribution in [-0.4, -0.2) is 29.2 Å². The van der Waals surface area contributed by atoms with Gasteiger partial charge in [-0.25, -0.2) is 4.98 Å². The molecule has 9 aromatic rings. The summed E-state index contributed by atoms with van der Waals surface area (Å²) in [5.74, 6) is 0.930. The van der Waals surface area contributed by atoms with Crippen LogP contribution >= 0.6 is 0 Å². The molecule has 2 aliphatic rings. The zero-order valence-electron chi connectivity index (χ0n) is 35.0. The van der Waals surface area contributed by atoms with Gasteiger partial charge >= 0.3 is 6.98 Å². The summed E-state index contributed by atoms with van der Waals surface area (Å²) in [5.41, 5.74) is 15.8. The average Bonchev–Trinajstić information content (AvgIpc) is 3.86. The van der Waals surface area contributed by atoms with E-state index in [4.69, 9.17) is 4.98 Å². The number of hydrogen-bond donors (Lipinski definition) is 0. The first kappa shape index (κ1) is 35.8. The zero-order chi connectivity index (χ0) is 40.5. The minimum atomic E-state index is -2.17. The SMILES string of the molecule is Cc1cccc(C)c1B1N(c2ccc3c4ccccc4n(-c4cc(C(C)(C)C)ccn4)c3c2)c2cc3c(cc2N1c1ccccc1)[Si](C)(C)c1cccc2c1n-3[c-][n+]2C. The van der Waals surface area contributed by atoms with Crippen molar-refractivity contribution >= 4 is 86.5 Å². The summed E-state index contributed by atoms with van der Waals surface area (Å²) in [6.07, 6.45) is 5.70. The lowest BCUT2D eigenvalue weighted by Crippen LogP contribution is -2.57. The zero-order valence-corrected chi connectivity index (χ0v) is 36.0. The normalized spacial score (nSPS) is 14.5. The number of aromatic nitrogens is 4. The van der Waals surface area contributed by atoms with Gasteiger partial charge in [0.1, 0.15) is 13.9 Å². The molecule has 0 spiro atoms. The molecule has 11 rings (SSSR count). The van der Waals surface area contributed by atoms with E-state index in [9.17, 15) is 0 Å². The van der Waals surface area contributed by atoms with Crippen molar-refractivity contribution in [1.82, 2.24) is 14.1 Å². The number of rotatable bonds is 4. The van der Waals surface area contributed by atoms with Crippen molar-refractivity contribution in [3.05, 3.63) is 163 Å². The second-order valence-corrected chi connectivity index (χ2v) is 22.4. The number of pyridine rings is 1. The highest BCUT2D eigenvalue weighted by Gasteiger charge is 2.47. The molecule has 8 heteroatoms. The van der Waals surface area contributed by atoms with Crippen molar-refractivity contribution in [2.24, 2.45) is 7.05 Å². The number of benzene rings is 6. The van der Waals surface area contributed by atoms with E-state index in [0.717, 1.165) is 22.5 Å². The molecule has 2 aliphatic heterocycles. The Labute approximate surface area is 347 Å². The Morgan fingerprint density at radius 1 is 0.644 bits per heavy atom. The Kier molecular flexibility index (Phi) is 7.61. The van der Waals surface area contributed by atoms with Crippen LogP contribution in [0.3, 0.4) is 0 Å². The third-order valence-corrected chi connectivity index (χ3v) is 16.6. The van der Waals surface area contributed by atoms with Crippen LogP contribution in [-0.2, 0) is 12.5 Å². The maximum Gasteiger partial charge on any atom is 0.421 e. The van der Waals surface area contributed by atoms with E-state index in [0.29, 0.717) is 0 Å². The van der Waals surface area contributed by atoms with Gasteiger partial charge in [-0.15, -0.1) is 0 Å². The number of aryl methyl sites for hydroxylation is 3. The molecule has 0 saturated carbocycles. The Morgan fingerprint density at radius 2 is 1.34 bits per heavy atom. The minimum absolute atomic E-state index is 0.0166. The molecule has 6 aromatic carbocycles. The van der Waals surface area contributed by atoms with Crippen LogP contribution in [0.2, 0.25) is 13.1 Å². The molecule has 0 N–H and O–H groups in total. The Balaban J connectivity index is 1.24. The second-order valence-electron chi connectivity index (χ2n) is 18.1. The number of anilines is 4. The van der Waals surface area contributed by atoms with Gasteiger partial charge in [0, 0.05) is 34.0 Å². The van der Waals surface area contributed by atoms with Gasteiger partial charge in [0.25, 0.3) is 0 Å². The van der Waals surface area contributed by atoms with Crippen molar-refractivity contribution in [2.45, 2.75) is 53.1 Å². The first-order chi connectivity index (χ1) is 28.4. The topological polar surface area (TPSA) is 33.1 Å². The van der Waals surface area contributed by atoms with Crippen LogP contribution in [0, 0.1) is 20.2 Å². The van der Waals surface area contributed by atoms with Gasteiger partial charge in [-0.3, -0.25) is 4.57 Å². The molecule has 59 heavy (non-hydrogen) atoms. The summed E-state index contributed by atoms with van der Waals surface area (Å²) in [6.45, 7) is 16.2. The number of nitrogens with zero attached hydrogens (tertiary/aromatic N) is 6. The van der Waals surface area contributed by atoms with Gasteiger partial charge in [-0.05, 0) is 90.1 Å². The van der Waals surface area contributed by atoms with Gasteiger partial charge in [0.15, 0.2) is 0 Å². The van der Waals surface area contributed by atoms with E-state index >= 15 is 0 Å². The second kappa shape index (κ2) is 12.6. The van der Waals surface area contributed by atoms with E-state index in [-0.39, 0.29) is 12.4 Å². The summed E-state index contributed by atoms with van der Waals surface area (Å²) >= 11 is 0. The van der Waals surface area contributed by atoms with Crippen LogP contribution in [0.1, 0.15) is 37.5 Å². The first-order valence-electron chi connectivity index (χ1n) is 20.7. The standard InChI is InChI=1S/C51H47BN6Si/c1-33-16-14-17-34(2)49(33)52-57(36-18-10-9-11-19-36)44-31-47-45(55-32-54(6)41-22-15-23-46(50(41)55)59(47,7)8)30-43(44)58(52)37-24-25-39-38-20-12-13-21-40(38)56(42(39)29-37)48-28-35(26-27-53-48)51(3,4)5/h9-31H,1-8H3. The third kappa shape index (κ3) is 5.12. The number of fused-ring (bicyclic) bond motifs is 6. The highest BCUT2D eigenvalue weighted by molar-refractivity contribution is 7.02. The molecule has 3 aromatic heterocycles. The Bertz CT molecular complexity index is 3170. The summed E-state index contributed by atoms with van der Waals surface area (Å²) < 4.78 is 6.87. The fourth-order valence-corrected chi connectivity index (χ4v) is 13.1. The maximum absolute atomic E-state index is 5.03. The summed E-state index contributed by atoms with van der Waals surface area (Å²) in [6, 6.07) is 49.8. The molecule has 0 unspecified atom stereocenters. The molecule has 0 fully saturated rings. The lowest BCUT2D eigenvalue weighted by molar-refractivity contribution is -0.649. The van der Waals surface area contributed by atoms with Crippen molar-refractivity contribution in [3.63, 3.8) is 0 Å². The van der Waals surface area contributed by atoms with Crippen LogP contribution in [0.5, 0.6) is 0 Å². The van der Waals surface area contributed by atoms with Gasteiger partial charge < -0.3 is 18.8 Å². The lowest BCUT2D eigenvalue weighted by atomic mass is 9.61. The summed E-state index contributed by atoms with van der Waals surface area (Å²) in [7, 11) is -0.0533. The first-order valence-corrected chi connectivity index (χ1v) is 23.7. The van der Waals surface area contributed by atoms with Crippen molar-refractivity contribution in [2.75, 3.05) is 9.62 Å². The Morgan fingerprint density at radius 3 is 2.12 bits per heavy atom. The van der Waals surface area contributed by atoms with Gasteiger partial charge in [0.2, 0.25) is 6.33 Å². The van der Waals surface area contributed by atoms with E-state index in [1.807, 2.05) is 6.20 Å². The lowest BCUT2D eigenvalue weighted by Gasteiger charge is -2.35. The smallest absolute Gasteiger partial charge is 0.360 e. The highest BCUT2D eigenvalue weighted by Crippen LogP contribution is 2.49. The molecule has 6 nitrogen and oxygen atoms in total. The molecular formula is C51H47BN6Si. The highest BCUT2D eigenvalue weighted by atomic mass is 28.3. The number of hydrogen-bond acceptors (Lipinski definition) is 3. The van der Waals surface area contributed by atoms with Crippen LogP contribution in [0.25, 0.3) is 44.3 Å². The van der Waals surface area contributed by atoms with Crippen LogP contribution in [0.4, 0.5) is 22.7 Å². The maximum atomic E-state index is 5.03. The quantitative estimate of drug-likeness (QED) is 0.101. The molecule has 0 saturated heterocycles. The van der Waals surface area contributed by atoms with Crippen molar-refractivity contribution in [1.29, 1.82) is 0 Å². The largest absolute Gasteiger partial charge is 0.421 e. The molecule has 0 bridgehead atoms. The summed E-state index contributed by atoms with van der Waals surface area (Å²) in [4.78, 5) is 10.2. The molecule has 0 aliphatic carbocycles. The molecule has 5 heterocycles. The third-order valence-electron chi connectivity index (χ3n) is 13.1. The molecule has 0 atom stereocenters. The van der Waals surface area contributed by atoms with E-state index in [1.165, 1.54) is 77.1 Å². The van der Waals surface area contributed by atoms with Crippen molar-refractivity contribution in [3.8, 4) is 11.5 Å². The molecular weight excluding hydrogens is 736 g/mol. The molecule has 0 amide bonds. The van der Waals surface area contributed by atoms with Crippen LogP contribution < -0.4 is 30.0 Å². The monoisotopic (exact) mass is 782 g/mol. The number of para-hydroxylation sites is 3. The van der Waals surface area contributed by atoms with Gasteiger partial charge in [0.05, 0.1) is 40.5 Å². The van der Waals surface area contributed by atoms with Gasteiger partial charge in [-0.2, -0.15) is 0 Å².